The molecule has 9 heteroatoms. The molecule has 0 saturated carbocycles. The monoisotopic (exact) mass is 420 g/mol. The molecular weight excluding hydrogens is 392 g/mol. The standard InChI is InChI=1S/C22H28N8O/c1-22(2,3)17-13-25-20(31)16-10-14-11-26-21(28-19(14)30(16)17)27-18-5-4-15(12-24-18)29-8-6-23-7-9-29/h4-5,10-12,17,23H,6-9,13H2,1-3H3,(H,25,31)(H,24,26,27,28). The number of anilines is 3. The third-order valence-corrected chi connectivity index (χ3v) is 6.05. The zero-order chi connectivity index (χ0) is 21.6. The number of rotatable bonds is 3. The molecule has 1 atom stereocenters. The second-order valence-electron chi connectivity index (χ2n) is 9.23. The van der Waals surface area contributed by atoms with Crippen molar-refractivity contribution in [2.24, 2.45) is 5.41 Å². The third-order valence-electron chi connectivity index (χ3n) is 6.05. The summed E-state index contributed by atoms with van der Waals surface area (Å²) in [5.41, 5.74) is 2.47. The lowest BCUT2D eigenvalue weighted by Gasteiger charge is -2.36. The van der Waals surface area contributed by atoms with Crippen LogP contribution in [0.3, 0.4) is 0 Å². The molecule has 5 heterocycles. The Morgan fingerprint density at radius 3 is 2.65 bits per heavy atom. The second-order valence-corrected chi connectivity index (χ2v) is 9.23. The maximum Gasteiger partial charge on any atom is 0.268 e. The highest BCUT2D eigenvalue weighted by Crippen LogP contribution is 2.36. The van der Waals surface area contributed by atoms with E-state index in [0.717, 1.165) is 42.9 Å². The summed E-state index contributed by atoms with van der Waals surface area (Å²) in [5, 5.41) is 10.4. The van der Waals surface area contributed by atoms with E-state index < -0.39 is 0 Å². The van der Waals surface area contributed by atoms with E-state index in [1.54, 1.807) is 6.20 Å². The van der Waals surface area contributed by atoms with Crippen LogP contribution in [0.15, 0.2) is 30.6 Å². The predicted molar refractivity (Wildman–Crippen MR) is 121 cm³/mol. The van der Waals surface area contributed by atoms with E-state index in [9.17, 15) is 4.79 Å². The Balaban J connectivity index is 1.44. The molecule has 3 aromatic heterocycles. The van der Waals surface area contributed by atoms with Crippen LogP contribution in [0.25, 0.3) is 11.0 Å². The number of hydrogen-bond acceptors (Lipinski definition) is 7. The Morgan fingerprint density at radius 1 is 1.13 bits per heavy atom. The highest BCUT2D eigenvalue weighted by atomic mass is 16.2. The maximum atomic E-state index is 12.5. The summed E-state index contributed by atoms with van der Waals surface area (Å²) in [6, 6.07) is 5.99. The number of nitrogens with zero attached hydrogens (tertiary/aromatic N) is 5. The van der Waals surface area contributed by atoms with Gasteiger partial charge in [-0.15, -0.1) is 0 Å². The minimum atomic E-state index is -0.0711. The summed E-state index contributed by atoms with van der Waals surface area (Å²) in [6.07, 6.45) is 3.64. The Bertz CT molecular complexity index is 1110. The van der Waals surface area contributed by atoms with Crippen molar-refractivity contribution < 1.29 is 4.79 Å². The molecule has 2 aliphatic rings. The summed E-state index contributed by atoms with van der Waals surface area (Å²) < 4.78 is 2.06. The molecule has 0 aromatic carbocycles. The molecule has 162 valence electrons. The van der Waals surface area contributed by atoms with Crippen molar-refractivity contribution in [1.82, 2.24) is 30.2 Å². The van der Waals surface area contributed by atoms with Crippen molar-refractivity contribution in [2.45, 2.75) is 26.8 Å². The van der Waals surface area contributed by atoms with Gasteiger partial charge in [-0.2, -0.15) is 4.98 Å². The molecule has 9 nitrogen and oxygen atoms in total. The van der Waals surface area contributed by atoms with Crippen molar-refractivity contribution in [1.29, 1.82) is 0 Å². The Morgan fingerprint density at radius 2 is 1.94 bits per heavy atom. The Hall–Kier alpha value is -3.20. The topological polar surface area (TPSA) is 100 Å². The maximum absolute atomic E-state index is 12.5. The fourth-order valence-electron chi connectivity index (χ4n) is 4.31. The molecule has 0 bridgehead atoms. The van der Waals surface area contributed by atoms with E-state index in [0.29, 0.717) is 24.0 Å². The number of hydrogen-bond donors (Lipinski definition) is 3. The summed E-state index contributed by atoms with van der Waals surface area (Å²) in [5.74, 6) is 1.08. The van der Waals surface area contributed by atoms with Crippen LogP contribution < -0.4 is 20.9 Å². The molecule has 1 amide bonds. The van der Waals surface area contributed by atoms with Crippen LogP contribution in [0.1, 0.15) is 37.3 Å². The first kappa shape index (κ1) is 19.7. The molecule has 0 aliphatic carbocycles. The number of nitrogens with one attached hydrogen (secondary N) is 3. The van der Waals surface area contributed by atoms with Gasteiger partial charge in [-0.25, -0.2) is 9.97 Å². The lowest BCUT2D eigenvalue weighted by molar-refractivity contribution is 0.0884. The van der Waals surface area contributed by atoms with Crippen LogP contribution in [0.4, 0.5) is 17.5 Å². The largest absolute Gasteiger partial charge is 0.368 e. The van der Waals surface area contributed by atoms with Gasteiger partial charge in [0.2, 0.25) is 5.95 Å². The van der Waals surface area contributed by atoms with E-state index in [1.165, 1.54) is 0 Å². The van der Waals surface area contributed by atoms with Gasteiger partial charge in [0, 0.05) is 44.3 Å². The molecule has 1 fully saturated rings. The third kappa shape index (κ3) is 3.69. The van der Waals surface area contributed by atoms with Gasteiger partial charge in [-0.3, -0.25) is 4.79 Å². The number of pyridine rings is 1. The summed E-state index contributed by atoms with van der Waals surface area (Å²) in [4.78, 5) is 28.5. The van der Waals surface area contributed by atoms with Crippen LogP contribution in [0, 0.1) is 5.41 Å². The quantitative estimate of drug-likeness (QED) is 0.598. The minimum Gasteiger partial charge on any atom is -0.368 e. The van der Waals surface area contributed by atoms with Gasteiger partial charge in [0.15, 0.2) is 0 Å². The smallest absolute Gasteiger partial charge is 0.268 e. The first-order chi connectivity index (χ1) is 14.9. The van der Waals surface area contributed by atoms with Gasteiger partial charge in [0.25, 0.3) is 5.91 Å². The fourth-order valence-corrected chi connectivity index (χ4v) is 4.31. The number of amides is 1. The molecule has 0 spiro atoms. The molecule has 31 heavy (non-hydrogen) atoms. The normalized spacial score (nSPS) is 19.3. The number of fused-ring (bicyclic) bond motifs is 3. The van der Waals surface area contributed by atoms with E-state index in [4.69, 9.17) is 4.98 Å². The lowest BCUT2D eigenvalue weighted by Crippen LogP contribution is -2.43. The summed E-state index contributed by atoms with van der Waals surface area (Å²) in [6.45, 7) is 11.1. The number of aromatic nitrogens is 4. The Kier molecular flexibility index (Phi) is 4.77. The van der Waals surface area contributed by atoms with Gasteiger partial charge in [-0.1, -0.05) is 20.8 Å². The first-order valence-corrected chi connectivity index (χ1v) is 10.7. The van der Waals surface area contributed by atoms with Crippen molar-refractivity contribution in [3.63, 3.8) is 0 Å². The van der Waals surface area contributed by atoms with Crippen LogP contribution in [-0.4, -0.2) is 58.1 Å². The van der Waals surface area contributed by atoms with Gasteiger partial charge >= 0.3 is 0 Å². The van der Waals surface area contributed by atoms with Gasteiger partial charge in [-0.05, 0) is 23.6 Å². The Labute approximate surface area is 181 Å². The van der Waals surface area contributed by atoms with Gasteiger partial charge in [0.1, 0.15) is 17.2 Å². The molecule has 1 saturated heterocycles. The fraction of sp³-hybridized carbons (Fsp3) is 0.455. The van der Waals surface area contributed by atoms with E-state index in [-0.39, 0.29) is 17.4 Å². The number of carbonyl (C=O) groups is 1. The lowest BCUT2D eigenvalue weighted by atomic mass is 9.85. The zero-order valence-electron chi connectivity index (χ0n) is 18.1. The number of piperazine rings is 1. The molecule has 5 rings (SSSR count). The predicted octanol–water partition coefficient (Wildman–Crippen LogP) is 2.31. The van der Waals surface area contributed by atoms with E-state index in [1.807, 2.05) is 18.3 Å². The van der Waals surface area contributed by atoms with E-state index >= 15 is 0 Å². The first-order valence-electron chi connectivity index (χ1n) is 10.7. The van der Waals surface area contributed by atoms with Crippen LogP contribution in [0.5, 0.6) is 0 Å². The van der Waals surface area contributed by atoms with Crippen LogP contribution in [-0.2, 0) is 0 Å². The van der Waals surface area contributed by atoms with Crippen molar-refractivity contribution in [2.75, 3.05) is 42.9 Å². The molecular formula is C22H28N8O. The molecule has 3 aromatic rings. The second kappa shape index (κ2) is 7.49. The van der Waals surface area contributed by atoms with Gasteiger partial charge < -0.3 is 25.4 Å². The summed E-state index contributed by atoms with van der Waals surface area (Å²) >= 11 is 0. The van der Waals surface area contributed by atoms with Crippen LogP contribution in [0.2, 0.25) is 0 Å². The average molecular weight is 421 g/mol. The molecule has 1 unspecified atom stereocenters. The highest BCUT2D eigenvalue weighted by Gasteiger charge is 2.35. The van der Waals surface area contributed by atoms with Crippen molar-refractivity contribution >= 4 is 34.4 Å². The highest BCUT2D eigenvalue weighted by molar-refractivity contribution is 5.99. The zero-order valence-corrected chi connectivity index (χ0v) is 18.1. The van der Waals surface area contributed by atoms with Crippen molar-refractivity contribution in [3.8, 4) is 0 Å². The number of carbonyl (C=O) groups excluding carboxylic acids is 1. The molecule has 3 N–H and O–H groups in total. The summed E-state index contributed by atoms with van der Waals surface area (Å²) in [7, 11) is 0. The van der Waals surface area contributed by atoms with Gasteiger partial charge in [0.05, 0.1) is 17.9 Å². The molecule has 0 radical (unpaired) electrons. The van der Waals surface area contributed by atoms with Crippen LogP contribution >= 0.6 is 0 Å². The van der Waals surface area contributed by atoms with Crippen molar-refractivity contribution in [3.05, 3.63) is 36.3 Å². The molecule has 2 aliphatic heterocycles. The average Bonchev–Trinajstić information content (AvgIpc) is 3.14. The minimum absolute atomic E-state index is 0.0334. The SMILES string of the molecule is CC(C)(C)C1CNC(=O)c2cc3cnc(Nc4ccc(N5CCNCC5)cn4)nc3n21. The van der Waals surface area contributed by atoms with E-state index in [2.05, 4.69) is 62.2 Å².